The average molecular weight is 202 g/mol. The Kier molecular flexibility index (Phi) is 11.1. The van der Waals surface area contributed by atoms with E-state index in [-0.39, 0.29) is 5.54 Å². The van der Waals surface area contributed by atoms with Crippen LogP contribution >= 0.6 is 0 Å². The molecule has 0 aliphatic rings. The lowest BCUT2D eigenvalue weighted by Gasteiger charge is -2.16. The van der Waals surface area contributed by atoms with Crippen molar-refractivity contribution < 1.29 is 9.47 Å². The normalized spacial score (nSPS) is 9.43. The second-order valence-corrected chi connectivity index (χ2v) is 3.29. The van der Waals surface area contributed by atoms with Gasteiger partial charge in [0.1, 0.15) is 6.61 Å². The summed E-state index contributed by atoms with van der Waals surface area (Å²) in [4.78, 5) is 0. The standard InChI is InChI=1S/C6H13NO.C4H9NO/c1-4-8-5-6(2,3)7;1-2-6-4-3-5/h4H,1,5,7H2,2-3H3;2H,1,3-5H2. The molecule has 0 saturated carbocycles. The van der Waals surface area contributed by atoms with Crippen LogP contribution in [-0.4, -0.2) is 25.3 Å². The van der Waals surface area contributed by atoms with Crippen molar-refractivity contribution in [2.45, 2.75) is 19.4 Å². The Morgan fingerprint density at radius 1 is 1.21 bits per heavy atom. The summed E-state index contributed by atoms with van der Waals surface area (Å²) in [6, 6.07) is 0. The summed E-state index contributed by atoms with van der Waals surface area (Å²) in [6.45, 7) is 12.2. The lowest BCUT2D eigenvalue weighted by atomic mass is 10.1. The number of hydrogen-bond donors (Lipinski definition) is 2. The van der Waals surface area contributed by atoms with Gasteiger partial charge in [-0.05, 0) is 13.8 Å². The van der Waals surface area contributed by atoms with Gasteiger partial charge in [0.05, 0.1) is 19.1 Å². The average Bonchev–Trinajstić information content (AvgIpc) is 2.11. The third-order valence-electron chi connectivity index (χ3n) is 0.927. The molecular weight excluding hydrogens is 180 g/mol. The minimum absolute atomic E-state index is 0.242. The molecule has 0 rings (SSSR count). The minimum Gasteiger partial charge on any atom is -0.500 e. The van der Waals surface area contributed by atoms with E-state index < -0.39 is 0 Å². The molecule has 0 spiro atoms. The van der Waals surface area contributed by atoms with Gasteiger partial charge in [0.25, 0.3) is 0 Å². The maximum Gasteiger partial charge on any atom is 0.105 e. The van der Waals surface area contributed by atoms with Crippen LogP contribution in [0.5, 0.6) is 0 Å². The van der Waals surface area contributed by atoms with Crippen LogP contribution in [0.25, 0.3) is 0 Å². The smallest absolute Gasteiger partial charge is 0.105 e. The molecule has 4 heteroatoms. The maximum absolute atomic E-state index is 5.55. The zero-order chi connectivity index (χ0) is 11.4. The van der Waals surface area contributed by atoms with Gasteiger partial charge in [0, 0.05) is 12.1 Å². The van der Waals surface area contributed by atoms with E-state index in [1.165, 1.54) is 12.5 Å². The molecule has 84 valence electrons. The van der Waals surface area contributed by atoms with E-state index >= 15 is 0 Å². The highest BCUT2D eigenvalue weighted by molar-refractivity contribution is 4.71. The van der Waals surface area contributed by atoms with Gasteiger partial charge in [-0.25, -0.2) is 0 Å². The Balaban J connectivity index is 0. The van der Waals surface area contributed by atoms with E-state index in [1.807, 2.05) is 13.8 Å². The van der Waals surface area contributed by atoms with Crippen molar-refractivity contribution in [3.8, 4) is 0 Å². The zero-order valence-electron chi connectivity index (χ0n) is 9.16. The van der Waals surface area contributed by atoms with E-state index in [0.29, 0.717) is 19.8 Å². The number of ether oxygens (including phenoxy) is 2. The summed E-state index contributed by atoms with van der Waals surface area (Å²) < 4.78 is 9.46. The number of hydrogen-bond acceptors (Lipinski definition) is 4. The first-order chi connectivity index (χ1) is 6.47. The molecule has 0 aliphatic carbocycles. The van der Waals surface area contributed by atoms with Crippen molar-refractivity contribution in [2.24, 2.45) is 11.5 Å². The fourth-order valence-corrected chi connectivity index (χ4v) is 0.425. The van der Waals surface area contributed by atoms with Crippen molar-refractivity contribution in [3.05, 3.63) is 25.7 Å². The van der Waals surface area contributed by atoms with Crippen molar-refractivity contribution in [2.75, 3.05) is 19.8 Å². The fourth-order valence-electron chi connectivity index (χ4n) is 0.425. The van der Waals surface area contributed by atoms with Gasteiger partial charge in [0.15, 0.2) is 0 Å². The molecule has 0 unspecified atom stereocenters. The zero-order valence-corrected chi connectivity index (χ0v) is 9.16. The van der Waals surface area contributed by atoms with Crippen LogP contribution in [0.1, 0.15) is 13.8 Å². The molecule has 0 amide bonds. The highest BCUT2D eigenvalue weighted by atomic mass is 16.5. The van der Waals surface area contributed by atoms with Gasteiger partial charge in [-0.15, -0.1) is 0 Å². The molecule has 0 aliphatic heterocycles. The lowest BCUT2D eigenvalue weighted by molar-refractivity contribution is 0.191. The summed E-state index contributed by atoms with van der Waals surface area (Å²) in [5.41, 5.74) is 10.3. The first-order valence-electron chi connectivity index (χ1n) is 4.42. The van der Waals surface area contributed by atoms with Gasteiger partial charge in [-0.3, -0.25) is 0 Å². The third kappa shape index (κ3) is 22.4. The van der Waals surface area contributed by atoms with E-state index in [0.717, 1.165) is 0 Å². The van der Waals surface area contributed by atoms with Crippen molar-refractivity contribution >= 4 is 0 Å². The van der Waals surface area contributed by atoms with E-state index in [2.05, 4.69) is 17.9 Å². The molecule has 0 heterocycles. The Bertz CT molecular complexity index is 142. The van der Waals surface area contributed by atoms with Crippen LogP contribution in [-0.2, 0) is 9.47 Å². The van der Waals surface area contributed by atoms with Gasteiger partial charge < -0.3 is 20.9 Å². The molecule has 4 nitrogen and oxygen atoms in total. The molecule has 0 bridgehead atoms. The maximum atomic E-state index is 5.55. The topological polar surface area (TPSA) is 70.5 Å². The predicted molar refractivity (Wildman–Crippen MR) is 59.6 cm³/mol. The van der Waals surface area contributed by atoms with Gasteiger partial charge in [-0.1, -0.05) is 13.2 Å². The fraction of sp³-hybridized carbons (Fsp3) is 0.600. The highest BCUT2D eigenvalue weighted by Crippen LogP contribution is 1.95. The third-order valence-corrected chi connectivity index (χ3v) is 0.927. The monoisotopic (exact) mass is 202 g/mol. The summed E-state index contributed by atoms with van der Waals surface area (Å²) in [6.07, 6.45) is 2.78. The van der Waals surface area contributed by atoms with Gasteiger partial charge >= 0.3 is 0 Å². The molecule has 0 aromatic heterocycles. The van der Waals surface area contributed by atoms with Crippen LogP contribution in [0.15, 0.2) is 25.7 Å². The molecule has 0 saturated heterocycles. The Morgan fingerprint density at radius 2 is 1.71 bits per heavy atom. The van der Waals surface area contributed by atoms with Crippen LogP contribution in [0.3, 0.4) is 0 Å². The summed E-state index contributed by atoms with van der Waals surface area (Å²) in [5, 5.41) is 0. The first kappa shape index (κ1) is 15.5. The van der Waals surface area contributed by atoms with Crippen LogP contribution in [0, 0.1) is 0 Å². The summed E-state index contributed by atoms with van der Waals surface area (Å²) >= 11 is 0. The summed E-state index contributed by atoms with van der Waals surface area (Å²) in [7, 11) is 0. The summed E-state index contributed by atoms with van der Waals surface area (Å²) in [5.74, 6) is 0. The van der Waals surface area contributed by atoms with Crippen LogP contribution in [0.4, 0.5) is 0 Å². The first-order valence-corrected chi connectivity index (χ1v) is 4.42. The van der Waals surface area contributed by atoms with Gasteiger partial charge in [-0.2, -0.15) is 0 Å². The second-order valence-electron chi connectivity index (χ2n) is 3.29. The Labute approximate surface area is 86.6 Å². The quantitative estimate of drug-likeness (QED) is 0.498. The lowest BCUT2D eigenvalue weighted by Crippen LogP contribution is -2.36. The SMILES string of the molecule is C=COCC(C)(C)N.C=COCCN. The largest absolute Gasteiger partial charge is 0.500 e. The highest BCUT2D eigenvalue weighted by Gasteiger charge is 2.08. The molecule has 0 radical (unpaired) electrons. The van der Waals surface area contributed by atoms with Crippen LogP contribution < -0.4 is 11.5 Å². The Morgan fingerprint density at radius 3 is 1.86 bits per heavy atom. The number of rotatable bonds is 6. The van der Waals surface area contributed by atoms with E-state index in [1.54, 1.807) is 0 Å². The van der Waals surface area contributed by atoms with Crippen molar-refractivity contribution in [1.29, 1.82) is 0 Å². The van der Waals surface area contributed by atoms with Crippen molar-refractivity contribution in [1.82, 2.24) is 0 Å². The van der Waals surface area contributed by atoms with E-state index in [9.17, 15) is 0 Å². The molecule has 0 aromatic carbocycles. The molecule has 14 heavy (non-hydrogen) atoms. The predicted octanol–water partition coefficient (Wildman–Crippen LogP) is 0.989. The van der Waals surface area contributed by atoms with Crippen molar-refractivity contribution in [3.63, 3.8) is 0 Å². The van der Waals surface area contributed by atoms with E-state index in [4.69, 9.17) is 16.2 Å². The number of nitrogens with two attached hydrogens (primary N) is 2. The molecule has 0 aromatic rings. The second kappa shape index (κ2) is 10.1. The molecular formula is C10H22N2O2. The molecule has 0 atom stereocenters. The minimum atomic E-state index is -0.242. The van der Waals surface area contributed by atoms with Gasteiger partial charge in [0.2, 0.25) is 0 Å². The Hall–Kier alpha value is -1.00. The molecule has 4 N–H and O–H groups in total. The van der Waals surface area contributed by atoms with Crippen LogP contribution in [0.2, 0.25) is 0 Å². The molecule has 0 fully saturated rings.